The van der Waals surface area contributed by atoms with Crippen LogP contribution in [0.5, 0.6) is 0 Å². The van der Waals surface area contributed by atoms with E-state index in [9.17, 15) is 0 Å². The van der Waals surface area contributed by atoms with Crippen LogP contribution < -0.4 is 11.3 Å². The van der Waals surface area contributed by atoms with Gasteiger partial charge in [0.15, 0.2) is 0 Å². The summed E-state index contributed by atoms with van der Waals surface area (Å²) in [6.07, 6.45) is 3.75. The van der Waals surface area contributed by atoms with Crippen molar-refractivity contribution in [2.75, 3.05) is 6.54 Å². The quantitative estimate of drug-likeness (QED) is 0.386. The van der Waals surface area contributed by atoms with Gasteiger partial charge >= 0.3 is 0 Å². The summed E-state index contributed by atoms with van der Waals surface area (Å²) in [5, 5.41) is 0. The molecule has 0 bridgehead atoms. The van der Waals surface area contributed by atoms with Gasteiger partial charge < -0.3 is 0 Å². The zero-order valence-electron chi connectivity index (χ0n) is 5.72. The van der Waals surface area contributed by atoms with Gasteiger partial charge in [-0.15, -0.1) is 24.8 Å². The Kier molecular flexibility index (Phi) is 28.5. The third kappa shape index (κ3) is 17.7. The fourth-order valence-electron chi connectivity index (χ4n) is 0.477. The highest BCUT2D eigenvalue weighted by molar-refractivity contribution is 5.85. The second-order valence-corrected chi connectivity index (χ2v) is 1.66. The molecular formula is C5H16Cl2N2. The van der Waals surface area contributed by atoms with Crippen LogP contribution in [0.2, 0.25) is 0 Å². The molecule has 0 heterocycles. The van der Waals surface area contributed by atoms with Gasteiger partial charge in [-0.3, -0.25) is 11.3 Å². The number of nitrogens with one attached hydrogen (secondary N) is 1. The lowest BCUT2D eigenvalue weighted by atomic mass is 10.3. The Hall–Kier alpha value is 0.500. The van der Waals surface area contributed by atoms with E-state index in [-0.39, 0.29) is 24.8 Å². The van der Waals surface area contributed by atoms with Crippen LogP contribution in [-0.4, -0.2) is 6.54 Å². The monoisotopic (exact) mass is 174 g/mol. The van der Waals surface area contributed by atoms with Gasteiger partial charge in [-0.25, -0.2) is 0 Å². The normalized spacial score (nSPS) is 7.33. The van der Waals surface area contributed by atoms with Gasteiger partial charge in [-0.1, -0.05) is 19.8 Å². The molecule has 60 valence electrons. The van der Waals surface area contributed by atoms with E-state index < -0.39 is 0 Å². The van der Waals surface area contributed by atoms with E-state index >= 15 is 0 Å². The average Bonchev–Trinajstić information content (AvgIpc) is 1.69. The molecule has 0 aromatic rings. The van der Waals surface area contributed by atoms with Crippen LogP contribution in [0.1, 0.15) is 26.2 Å². The van der Waals surface area contributed by atoms with Crippen LogP contribution in [0.15, 0.2) is 0 Å². The maximum absolute atomic E-state index is 5.02. The van der Waals surface area contributed by atoms with Crippen LogP contribution in [0, 0.1) is 0 Å². The average molecular weight is 175 g/mol. The standard InChI is InChI=1S/C5H14N2.2ClH/c1-2-3-4-5-7-6;;/h7H,2-6H2,1H3;2*1H. The van der Waals surface area contributed by atoms with Gasteiger partial charge in [0.1, 0.15) is 0 Å². The van der Waals surface area contributed by atoms with Crippen molar-refractivity contribution in [1.29, 1.82) is 0 Å². The third-order valence-electron chi connectivity index (χ3n) is 0.925. The van der Waals surface area contributed by atoms with Crippen molar-refractivity contribution in [3.63, 3.8) is 0 Å². The van der Waals surface area contributed by atoms with Gasteiger partial charge in [0.25, 0.3) is 0 Å². The summed E-state index contributed by atoms with van der Waals surface area (Å²) in [5.41, 5.74) is 2.60. The number of nitrogens with two attached hydrogens (primary N) is 1. The largest absolute Gasteiger partial charge is 0.271 e. The van der Waals surface area contributed by atoms with E-state index in [1.165, 1.54) is 19.3 Å². The number of hydrogen-bond donors (Lipinski definition) is 2. The molecule has 0 aliphatic rings. The first kappa shape index (κ1) is 16.2. The molecule has 2 nitrogen and oxygen atoms in total. The van der Waals surface area contributed by atoms with Crippen molar-refractivity contribution in [3.8, 4) is 0 Å². The molecule has 0 aromatic heterocycles. The Balaban J connectivity index is -0.000000180. The van der Waals surface area contributed by atoms with Gasteiger partial charge in [0.05, 0.1) is 0 Å². The lowest BCUT2D eigenvalue weighted by molar-refractivity contribution is 0.637. The maximum Gasteiger partial charge on any atom is 0.00974 e. The summed E-state index contributed by atoms with van der Waals surface area (Å²) in [4.78, 5) is 0. The zero-order chi connectivity index (χ0) is 5.54. The number of hydrazine groups is 1. The van der Waals surface area contributed by atoms with E-state index in [0.29, 0.717) is 0 Å². The van der Waals surface area contributed by atoms with Crippen molar-refractivity contribution >= 4 is 24.8 Å². The molecule has 0 fully saturated rings. The van der Waals surface area contributed by atoms with E-state index in [2.05, 4.69) is 12.3 Å². The van der Waals surface area contributed by atoms with E-state index in [0.717, 1.165) is 6.54 Å². The Morgan fingerprint density at radius 1 is 1.22 bits per heavy atom. The molecule has 0 radical (unpaired) electrons. The summed E-state index contributed by atoms with van der Waals surface area (Å²) >= 11 is 0. The summed E-state index contributed by atoms with van der Waals surface area (Å²) in [5.74, 6) is 5.02. The third-order valence-corrected chi connectivity index (χ3v) is 0.925. The van der Waals surface area contributed by atoms with Crippen LogP contribution in [-0.2, 0) is 0 Å². The summed E-state index contributed by atoms with van der Waals surface area (Å²) in [6.45, 7) is 3.13. The molecule has 3 N–H and O–H groups in total. The second-order valence-electron chi connectivity index (χ2n) is 1.66. The predicted octanol–water partition coefficient (Wildman–Crippen LogP) is 1.48. The number of hydrogen-bond acceptors (Lipinski definition) is 2. The Labute approximate surface area is 69.4 Å². The van der Waals surface area contributed by atoms with Gasteiger partial charge in [0, 0.05) is 6.54 Å². The minimum Gasteiger partial charge on any atom is -0.271 e. The highest BCUT2D eigenvalue weighted by Crippen LogP contribution is 1.89. The predicted molar refractivity (Wildman–Crippen MR) is 46.2 cm³/mol. The number of unbranched alkanes of at least 4 members (excludes halogenated alkanes) is 2. The molecule has 0 amide bonds. The van der Waals surface area contributed by atoms with Crippen LogP contribution >= 0.6 is 24.8 Å². The lowest BCUT2D eigenvalue weighted by Gasteiger charge is -1.93. The summed E-state index contributed by atoms with van der Waals surface area (Å²) in [6, 6.07) is 0. The molecule has 0 aromatic carbocycles. The molecule has 0 unspecified atom stereocenters. The van der Waals surface area contributed by atoms with Gasteiger partial charge in [0.2, 0.25) is 0 Å². The Bertz CT molecular complexity index is 32.1. The highest BCUT2D eigenvalue weighted by Gasteiger charge is 1.79. The van der Waals surface area contributed by atoms with Gasteiger partial charge in [-0.2, -0.15) is 0 Å². The topological polar surface area (TPSA) is 38.0 Å². The Morgan fingerprint density at radius 3 is 2.11 bits per heavy atom. The van der Waals surface area contributed by atoms with E-state index in [1.807, 2.05) is 0 Å². The van der Waals surface area contributed by atoms with Crippen molar-refractivity contribution in [1.82, 2.24) is 5.43 Å². The molecule has 9 heavy (non-hydrogen) atoms. The first-order valence-electron chi connectivity index (χ1n) is 2.85. The Morgan fingerprint density at radius 2 is 1.78 bits per heavy atom. The fourth-order valence-corrected chi connectivity index (χ4v) is 0.477. The second kappa shape index (κ2) is 15.8. The highest BCUT2D eigenvalue weighted by atomic mass is 35.5. The smallest absolute Gasteiger partial charge is 0.00974 e. The number of halogens is 2. The van der Waals surface area contributed by atoms with Crippen LogP contribution in [0.3, 0.4) is 0 Å². The number of rotatable bonds is 4. The molecular weight excluding hydrogens is 159 g/mol. The molecule has 0 rings (SSSR count). The minimum absolute atomic E-state index is 0. The van der Waals surface area contributed by atoms with E-state index in [1.54, 1.807) is 0 Å². The van der Waals surface area contributed by atoms with Crippen molar-refractivity contribution in [3.05, 3.63) is 0 Å². The molecule has 0 aliphatic carbocycles. The minimum atomic E-state index is 0. The van der Waals surface area contributed by atoms with Crippen LogP contribution in [0.4, 0.5) is 0 Å². The fraction of sp³-hybridized carbons (Fsp3) is 1.00. The first-order valence-corrected chi connectivity index (χ1v) is 2.85. The van der Waals surface area contributed by atoms with Crippen molar-refractivity contribution in [2.24, 2.45) is 5.84 Å². The SMILES string of the molecule is CCCCCNN.Cl.Cl. The molecule has 0 saturated carbocycles. The molecule has 0 spiro atoms. The van der Waals surface area contributed by atoms with E-state index in [4.69, 9.17) is 5.84 Å². The van der Waals surface area contributed by atoms with Crippen LogP contribution in [0.25, 0.3) is 0 Å². The molecule has 0 aliphatic heterocycles. The molecule has 0 saturated heterocycles. The van der Waals surface area contributed by atoms with Crippen molar-refractivity contribution < 1.29 is 0 Å². The summed E-state index contributed by atoms with van der Waals surface area (Å²) in [7, 11) is 0. The zero-order valence-corrected chi connectivity index (χ0v) is 7.36. The van der Waals surface area contributed by atoms with Gasteiger partial charge in [-0.05, 0) is 6.42 Å². The maximum atomic E-state index is 5.02. The first-order chi connectivity index (χ1) is 3.41. The molecule has 0 atom stereocenters. The molecule has 4 heteroatoms. The summed E-state index contributed by atoms with van der Waals surface area (Å²) < 4.78 is 0. The van der Waals surface area contributed by atoms with Crippen molar-refractivity contribution in [2.45, 2.75) is 26.2 Å². The lowest BCUT2D eigenvalue weighted by Crippen LogP contribution is -2.22.